The molecule has 0 bridgehead atoms. The fraction of sp³-hybridized carbons (Fsp3) is 0.100. The lowest BCUT2D eigenvalue weighted by atomic mass is 10.2. The quantitative estimate of drug-likeness (QED) is 0.715. The summed E-state index contributed by atoms with van der Waals surface area (Å²) in [5.41, 5.74) is -2.39. The number of hydrogen-bond donors (Lipinski definition) is 0. The molecule has 0 saturated carbocycles. The summed E-state index contributed by atoms with van der Waals surface area (Å²) in [7, 11) is 0. The Labute approximate surface area is 92.2 Å². The minimum Gasteiger partial charge on any atom is -0.463 e. The van der Waals surface area contributed by atoms with Crippen molar-refractivity contribution in [3.8, 4) is 0 Å². The second-order valence-electron chi connectivity index (χ2n) is 3.12. The number of benzene rings is 1. The lowest BCUT2D eigenvalue weighted by Crippen LogP contribution is -2.18. The van der Waals surface area contributed by atoms with E-state index in [-0.39, 0.29) is 16.0 Å². The topological polar surface area (TPSA) is 30.2 Å². The lowest BCUT2D eigenvalue weighted by molar-refractivity contribution is -0.139. The van der Waals surface area contributed by atoms with Crippen molar-refractivity contribution < 1.29 is 17.6 Å². The predicted molar refractivity (Wildman–Crippen MR) is 52.5 cm³/mol. The molecule has 0 atom stereocenters. The summed E-state index contributed by atoms with van der Waals surface area (Å²) in [5, 5.41) is 0.00134. The summed E-state index contributed by atoms with van der Waals surface area (Å²) < 4.78 is 41.9. The smallest absolute Gasteiger partial charge is 0.423 e. The Morgan fingerprint density at radius 3 is 2.56 bits per heavy atom. The predicted octanol–water partition coefficient (Wildman–Crippen LogP) is 3.47. The van der Waals surface area contributed by atoms with Crippen molar-refractivity contribution in [1.29, 1.82) is 0 Å². The van der Waals surface area contributed by atoms with E-state index in [0.717, 1.165) is 6.07 Å². The van der Waals surface area contributed by atoms with E-state index < -0.39 is 17.2 Å². The fourth-order valence-electron chi connectivity index (χ4n) is 1.30. The maximum absolute atomic E-state index is 12.4. The minimum absolute atomic E-state index is 0.0717. The molecule has 1 heterocycles. The molecule has 1 aromatic heterocycles. The van der Waals surface area contributed by atoms with Crippen molar-refractivity contribution in [2.45, 2.75) is 6.18 Å². The SMILES string of the molecule is O=c1c(C(F)(F)F)coc2ccc(Cl)cc12. The van der Waals surface area contributed by atoms with Gasteiger partial charge in [-0.1, -0.05) is 11.6 Å². The molecular formula is C10H4ClF3O2. The zero-order valence-corrected chi connectivity index (χ0v) is 8.39. The minimum atomic E-state index is -4.73. The van der Waals surface area contributed by atoms with Crippen LogP contribution in [-0.2, 0) is 6.18 Å². The molecule has 2 nitrogen and oxygen atoms in total. The standard InChI is InChI=1S/C10H4ClF3O2/c11-5-1-2-8-6(3-5)9(15)7(4-16-8)10(12,13)14/h1-4H. The van der Waals surface area contributed by atoms with E-state index in [4.69, 9.17) is 16.0 Å². The summed E-state index contributed by atoms with van der Waals surface area (Å²) in [5.74, 6) is 0. The van der Waals surface area contributed by atoms with Crippen LogP contribution in [0.4, 0.5) is 13.2 Å². The van der Waals surface area contributed by atoms with Gasteiger partial charge in [0.2, 0.25) is 5.43 Å². The maximum Gasteiger partial charge on any atom is 0.423 e. The van der Waals surface area contributed by atoms with E-state index in [1.807, 2.05) is 0 Å². The molecule has 16 heavy (non-hydrogen) atoms. The zero-order valence-electron chi connectivity index (χ0n) is 7.64. The molecule has 0 unspecified atom stereocenters. The Bertz CT molecular complexity index is 601. The Morgan fingerprint density at radius 1 is 1.25 bits per heavy atom. The van der Waals surface area contributed by atoms with E-state index in [9.17, 15) is 18.0 Å². The Hall–Kier alpha value is -1.49. The van der Waals surface area contributed by atoms with Gasteiger partial charge in [0.15, 0.2) is 0 Å². The molecule has 0 fully saturated rings. The second kappa shape index (κ2) is 3.52. The number of hydrogen-bond acceptors (Lipinski definition) is 2. The van der Waals surface area contributed by atoms with Crippen LogP contribution in [0.3, 0.4) is 0 Å². The van der Waals surface area contributed by atoms with Crippen LogP contribution in [0.5, 0.6) is 0 Å². The van der Waals surface area contributed by atoms with Crippen LogP contribution < -0.4 is 5.43 Å². The molecule has 0 aliphatic rings. The Kier molecular flexibility index (Phi) is 2.42. The third-order valence-corrected chi connectivity index (χ3v) is 2.28. The molecule has 0 aliphatic heterocycles. The van der Waals surface area contributed by atoms with Crippen LogP contribution >= 0.6 is 11.6 Å². The Morgan fingerprint density at radius 2 is 1.94 bits per heavy atom. The average Bonchev–Trinajstić information content (AvgIpc) is 2.17. The molecule has 2 aromatic rings. The second-order valence-corrected chi connectivity index (χ2v) is 3.55. The first kappa shape index (κ1) is 11.0. The molecule has 0 N–H and O–H groups in total. The van der Waals surface area contributed by atoms with E-state index in [1.54, 1.807) is 0 Å². The molecule has 0 amide bonds. The molecule has 2 rings (SSSR count). The van der Waals surface area contributed by atoms with Crippen LogP contribution in [0.25, 0.3) is 11.0 Å². The summed E-state index contributed by atoms with van der Waals surface area (Å²) in [4.78, 5) is 11.5. The summed E-state index contributed by atoms with van der Waals surface area (Å²) in [6.45, 7) is 0. The summed E-state index contributed by atoms with van der Waals surface area (Å²) in [6, 6.07) is 3.93. The number of fused-ring (bicyclic) bond motifs is 1. The van der Waals surface area contributed by atoms with Crippen LogP contribution in [0.15, 0.2) is 33.7 Å². The van der Waals surface area contributed by atoms with Crippen LogP contribution in [0.2, 0.25) is 5.02 Å². The highest BCUT2D eigenvalue weighted by molar-refractivity contribution is 6.31. The third kappa shape index (κ3) is 1.78. The monoisotopic (exact) mass is 248 g/mol. The van der Waals surface area contributed by atoms with Gasteiger partial charge in [0.25, 0.3) is 0 Å². The number of halogens is 4. The molecule has 6 heteroatoms. The van der Waals surface area contributed by atoms with Crippen LogP contribution in [0, 0.1) is 0 Å². The van der Waals surface area contributed by atoms with Gasteiger partial charge >= 0.3 is 6.18 Å². The third-order valence-electron chi connectivity index (χ3n) is 2.04. The van der Waals surface area contributed by atoms with Gasteiger partial charge in [-0.3, -0.25) is 4.79 Å². The van der Waals surface area contributed by atoms with Crippen LogP contribution in [0.1, 0.15) is 5.56 Å². The van der Waals surface area contributed by atoms with E-state index in [0.29, 0.717) is 6.26 Å². The normalized spacial score (nSPS) is 12.0. The van der Waals surface area contributed by atoms with Gasteiger partial charge in [0, 0.05) is 5.02 Å². The highest BCUT2D eigenvalue weighted by atomic mass is 35.5. The molecule has 0 radical (unpaired) electrons. The van der Waals surface area contributed by atoms with E-state index in [2.05, 4.69) is 0 Å². The Balaban J connectivity index is 2.84. The van der Waals surface area contributed by atoms with Crippen molar-refractivity contribution >= 4 is 22.6 Å². The van der Waals surface area contributed by atoms with Crippen molar-refractivity contribution in [2.75, 3.05) is 0 Å². The highest BCUT2D eigenvalue weighted by Gasteiger charge is 2.35. The van der Waals surface area contributed by atoms with Gasteiger partial charge < -0.3 is 4.42 Å². The van der Waals surface area contributed by atoms with Gasteiger partial charge in [-0.25, -0.2) is 0 Å². The van der Waals surface area contributed by atoms with Gasteiger partial charge in [-0.05, 0) is 18.2 Å². The highest BCUT2D eigenvalue weighted by Crippen LogP contribution is 2.28. The zero-order chi connectivity index (χ0) is 11.9. The van der Waals surface area contributed by atoms with Gasteiger partial charge in [-0.15, -0.1) is 0 Å². The molecule has 0 spiro atoms. The summed E-state index contributed by atoms with van der Waals surface area (Å²) >= 11 is 5.60. The van der Waals surface area contributed by atoms with E-state index in [1.165, 1.54) is 12.1 Å². The van der Waals surface area contributed by atoms with Gasteiger partial charge in [0.05, 0.1) is 5.39 Å². The van der Waals surface area contributed by atoms with E-state index >= 15 is 0 Å². The first-order valence-electron chi connectivity index (χ1n) is 4.18. The van der Waals surface area contributed by atoms with Crippen molar-refractivity contribution in [3.05, 3.63) is 45.3 Å². The van der Waals surface area contributed by atoms with Gasteiger partial charge in [-0.2, -0.15) is 13.2 Å². The van der Waals surface area contributed by atoms with Crippen molar-refractivity contribution in [1.82, 2.24) is 0 Å². The van der Waals surface area contributed by atoms with Crippen molar-refractivity contribution in [3.63, 3.8) is 0 Å². The first-order valence-corrected chi connectivity index (χ1v) is 4.55. The molecule has 0 aliphatic carbocycles. The van der Waals surface area contributed by atoms with Crippen molar-refractivity contribution in [2.24, 2.45) is 0 Å². The first-order chi connectivity index (χ1) is 7.39. The van der Waals surface area contributed by atoms with Crippen LogP contribution in [-0.4, -0.2) is 0 Å². The molecular weight excluding hydrogens is 245 g/mol. The largest absolute Gasteiger partial charge is 0.463 e. The number of rotatable bonds is 0. The average molecular weight is 249 g/mol. The fourth-order valence-corrected chi connectivity index (χ4v) is 1.47. The lowest BCUT2D eigenvalue weighted by Gasteiger charge is -2.05. The van der Waals surface area contributed by atoms with Gasteiger partial charge in [0.1, 0.15) is 17.4 Å². The molecule has 84 valence electrons. The molecule has 0 saturated heterocycles. The number of alkyl halides is 3. The summed E-state index contributed by atoms with van der Waals surface area (Å²) in [6.07, 6.45) is -4.31. The molecule has 1 aromatic carbocycles. The maximum atomic E-state index is 12.4.